The monoisotopic (exact) mass is 406 g/mol. The highest BCUT2D eigenvalue weighted by molar-refractivity contribution is 14.1. The minimum absolute atomic E-state index is 0.753. The Balaban J connectivity index is 5.58. The van der Waals surface area contributed by atoms with Crippen LogP contribution in [0.25, 0.3) is 0 Å². The summed E-state index contributed by atoms with van der Waals surface area (Å²) in [7, 11) is 0. The molecule has 0 radical (unpaired) electrons. The zero-order valence-corrected chi connectivity index (χ0v) is 10.3. The highest BCUT2D eigenvalue weighted by Gasteiger charge is 2.82. The lowest BCUT2D eigenvalue weighted by Gasteiger charge is -2.36. The topological polar surface area (TPSA) is 0 Å². The molecule has 0 spiro atoms. The van der Waals surface area contributed by atoms with E-state index >= 15 is 0 Å². The summed E-state index contributed by atoms with van der Waals surface area (Å²) in [5.41, 5.74) is 0. The summed E-state index contributed by atoms with van der Waals surface area (Å²) >= 11 is 1.12. The normalized spacial score (nSPS) is 15.3. The lowest BCUT2D eigenvalue weighted by atomic mass is 9.97. The molecule has 18 heavy (non-hydrogen) atoms. The number of hydrogen-bond donors (Lipinski definition) is 0. The van der Waals surface area contributed by atoms with Crippen molar-refractivity contribution >= 4 is 22.6 Å². The molecule has 0 aliphatic carbocycles. The summed E-state index contributed by atoms with van der Waals surface area (Å²) in [6, 6.07) is 0. The Hall–Kier alpha value is 0.0300. The van der Waals surface area contributed by atoms with E-state index in [1.54, 1.807) is 0 Å². The van der Waals surface area contributed by atoms with E-state index in [-0.39, 0.29) is 0 Å². The highest BCUT2D eigenvalue weighted by atomic mass is 127. The number of halogens is 11. The molecule has 0 aromatic heterocycles. The van der Waals surface area contributed by atoms with Gasteiger partial charge in [0.15, 0.2) is 0 Å². The smallest absolute Gasteiger partial charge is 0.203 e. The van der Waals surface area contributed by atoms with E-state index in [2.05, 4.69) is 0 Å². The van der Waals surface area contributed by atoms with Crippen molar-refractivity contribution in [1.82, 2.24) is 0 Å². The van der Waals surface area contributed by atoms with Crippen LogP contribution in [-0.2, 0) is 0 Å². The van der Waals surface area contributed by atoms with Gasteiger partial charge in [-0.05, 0) is 0 Å². The highest BCUT2D eigenvalue weighted by Crippen LogP contribution is 2.55. The molecule has 0 bridgehead atoms. The molecule has 0 atom stereocenters. The van der Waals surface area contributed by atoms with Crippen molar-refractivity contribution in [2.45, 2.75) is 36.5 Å². The Kier molecular flexibility index (Phi) is 5.20. The summed E-state index contributed by atoms with van der Waals surface area (Å²) in [6.07, 6.45) is -7.05. The third-order valence-corrected chi connectivity index (χ3v) is 2.49. The second kappa shape index (κ2) is 5.19. The van der Waals surface area contributed by atoms with Crippen LogP contribution in [0.1, 0.15) is 6.42 Å². The molecule has 0 fully saturated rings. The molecule has 0 aliphatic rings. The first-order valence-corrected chi connectivity index (χ1v) is 5.63. The minimum Gasteiger partial charge on any atom is -0.203 e. The van der Waals surface area contributed by atoms with Gasteiger partial charge in [-0.25, -0.2) is 8.78 Å². The molecule has 0 aromatic rings. The lowest BCUT2D eigenvalue weighted by molar-refractivity contribution is -0.383. The molecular weight excluding hydrogens is 401 g/mol. The summed E-state index contributed by atoms with van der Waals surface area (Å²) in [5.74, 6) is -25.6. The van der Waals surface area contributed by atoms with E-state index in [4.69, 9.17) is 0 Å². The maximum Gasteiger partial charge on any atom is 0.384 e. The Morgan fingerprint density at radius 1 is 0.778 bits per heavy atom. The molecule has 0 amide bonds. The first-order chi connectivity index (χ1) is 7.75. The Bertz CT molecular complexity index is 286. The van der Waals surface area contributed by atoms with Gasteiger partial charge in [0.25, 0.3) is 0 Å². The molecule has 11 heteroatoms. The van der Waals surface area contributed by atoms with E-state index in [1.165, 1.54) is 0 Å². The Labute approximate surface area is 108 Å². The van der Waals surface area contributed by atoms with Crippen LogP contribution in [-0.4, -0.2) is 34.5 Å². The van der Waals surface area contributed by atoms with Crippen LogP contribution >= 0.6 is 22.6 Å². The molecule has 0 heterocycles. The lowest BCUT2D eigenvalue weighted by Crippen LogP contribution is -2.64. The molecule has 0 rings (SSSR count). The zero-order valence-electron chi connectivity index (χ0n) is 8.15. The van der Waals surface area contributed by atoms with Gasteiger partial charge in [-0.3, -0.25) is 0 Å². The van der Waals surface area contributed by atoms with Gasteiger partial charge in [-0.1, -0.05) is 22.6 Å². The largest absolute Gasteiger partial charge is 0.384 e. The van der Waals surface area contributed by atoms with Crippen molar-refractivity contribution in [1.29, 1.82) is 0 Å². The molecule has 0 unspecified atom stereocenters. The van der Waals surface area contributed by atoms with Gasteiger partial charge in [0, 0.05) is 10.8 Å². The molecular formula is C7H5F10I. The van der Waals surface area contributed by atoms with Gasteiger partial charge in [-0.2, -0.15) is 35.1 Å². The zero-order chi connectivity index (χ0) is 15.0. The standard InChI is InChI=1S/C7H5F10I/c8-3(9)5(12,13)7(16,17)6(14,15)4(10,11)1-2-18/h3H,1-2H2. The summed E-state index contributed by atoms with van der Waals surface area (Å²) in [4.78, 5) is 0. The number of hydrogen-bond acceptors (Lipinski definition) is 0. The van der Waals surface area contributed by atoms with Gasteiger partial charge >= 0.3 is 30.1 Å². The average molecular weight is 406 g/mol. The number of rotatable bonds is 6. The van der Waals surface area contributed by atoms with Crippen LogP contribution in [0, 0.1) is 0 Å². The van der Waals surface area contributed by atoms with Crippen LogP contribution in [0.4, 0.5) is 43.9 Å². The van der Waals surface area contributed by atoms with Crippen LogP contribution in [0.3, 0.4) is 0 Å². The van der Waals surface area contributed by atoms with E-state index in [0.29, 0.717) is 0 Å². The Morgan fingerprint density at radius 3 is 1.44 bits per heavy atom. The van der Waals surface area contributed by atoms with E-state index in [9.17, 15) is 43.9 Å². The van der Waals surface area contributed by atoms with Crippen LogP contribution in [0.15, 0.2) is 0 Å². The molecule has 0 N–H and O–H groups in total. The van der Waals surface area contributed by atoms with Crippen molar-refractivity contribution in [3.63, 3.8) is 0 Å². The summed E-state index contributed by atoms with van der Waals surface area (Å²) < 4.78 is 123. The fourth-order valence-electron chi connectivity index (χ4n) is 0.852. The molecule has 110 valence electrons. The van der Waals surface area contributed by atoms with Crippen molar-refractivity contribution in [3.8, 4) is 0 Å². The van der Waals surface area contributed by atoms with E-state index in [1.807, 2.05) is 0 Å². The van der Waals surface area contributed by atoms with E-state index < -0.39 is 41.0 Å². The molecule has 0 saturated carbocycles. The molecule has 0 nitrogen and oxygen atoms in total. The molecule has 0 aromatic carbocycles. The van der Waals surface area contributed by atoms with Crippen LogP contribution < -0.4 is 0 Å². The van der Waals surface area contributed by atoms with Crippen molar-refractivity contribution in [2.75, 3.05) is 4.43 Å². The van der Waals surface area contributed by atoms with Crippen molar-refractivity contribution in [2.24, 2.45) is 0 Å². The second-order valence-corrected chi connectivity index (χ2v) is 4.29. The number of alkyl halides is 11. The summed E-state index contributed by atoms with van der Waals surface area (Å²) in [5, 5.41) is 0. The van der Waals surface area contributed by atoms with Crippen molar-refractivity contribution < 1.29 is 43.9 Å². The summed E-state index contributed by atoms with van der Waals surface area (Å²) in [6.45, 7) is 0. The Morgan fingerprint density at radius 2 is 1.17 bits per heavy atom. The first-order valence-electron chi connectivity index (χ1n) is 4.11. The molecule has 0 aliphatic heterocycles. The van der Waals surface area contributed by atoms with Gasteiger partial charge in [0.05, 0.1) is 0 Å². The van der Waals surface area contributed by atoms with Crippen molar-refractivity contribution in [3.05, 3.63) is 0 Å². The first kappa shape index (κ1) is 18.0. The van der Waals surface area contributed by atoms with Gasteiger partial charge in [-0.15, -0.1) is 0 Å². The minimum atomic E-state index is -6.87. The third-order valence-electron chi connectivity index (χ3n) is 1.95. The van der Waals surface area contributed by atoms with Gasteiger partial charge < -0.3 is 0 Å². The predicted octanol–water partition coefficient (Wildman–Crippen LogP) is 4.62. The quantitative estimate of drug-likeness (QED) is 0.343. The van der Waals surface area contributed by atoms with Gasteiger partial charge in [0.2, 0.25) is 0 Å². The average Bonchev–Trinajstić information content (AvgIpc) is 2.16. The maximum absolute atomic E-state index is 12.7. The molecule has 0 saturated heterocycles. The maximum atomic E-state index is 12.7. The van der Waals surface area contributed by atoms with E-state index in [0.717, 1.165) is 22.6 Å². The second-order valence-electron chi connectivity index (χ2n) is 3.22. The van der Waals surface area contributed by atoms with Crippen LogP contribution in [0.5, 0.6) is 0 Å². The predicted molar refractivity (Wildman–Crippen MR) is 49.3 cm³/mol. The fraction of sp³-hybridized carbons (Fsp3) is 1.00. The van der Waals surface area contributed by atoms with Crippen LogP contribution in [0.2, 0.25) is 0 Å². The third kappa shape index (κ3) is 2.64. The van der Waals surface area contributed by atoms with Gasteiger partial charge in [0.1, 0.15) is 0 Å². The SMILES string of the molecule is FC(F)C(F)(F)C(F)(F)C(F)(F)C(F)(F)CCI. The fourth-order valence-corrected chi connectivity index (χ4v) is 1.53.